The largest absolute Gasteiger partial charge is 0.418 e. The number of benzene rings is 1. The lowest BCUT2D eigenvalue weighted by Crippen LogP contribution is -2.46. The number of imide groups is 1. The van der Waals surface area contributed by atoms with Gasteiger partial charge in [-0.25, -0.2) is 0 Å². The Bertz CT molecular complexity index is 1150. The maximum atomic E-state index is 14.6. The first kappa shape index (κ1) is 25.2. The highest BCUT2D eigenvalue weighted by Crippen LogP contribution is 2.44. The number of likely N-dealkylation sites (tertiary alicyclic amines) is 1. The molecule has 2 N–H and O–H groups in total. The van der Waals surface area contributed by atoms with E-state index in [1.165, 1.54) is 11.7 Å². The minimum absolute atomic E-state index is 0.0187. The maximum Gasteiger partial charge on any atom is 0.418 e. The Morgan fingerprint density at radius 3 is 2.39 bits per heavy atom. The number of rotatable bonds is 4. The van der Waals surface area contributed by atoms with E-state index in [-0.39, 0.29) is 30.2 Å². The number of halogens is 3. The second-order valence-electron chi connectivity index (χ2n) is 10.6. The molecular weight excluding hydrogens is 471 g/mol. The lowest BCUT2D eigenvalue weighted by molar-refractivity contribution is -0.137. The molecule has 0 radical (unpaired) electrons. The fraction of sp³-hybridized carbons (Fsp3) is 0.654. The number of nitrogens with one attached hydrogen (secondary N) is 2. The van der Waals surface area contributed by atoms with E-state index < -0.39 is 23.6 Å². The van der Waals surface area contributed by atoms with E-state index in [1.54, 1.807) is 12.1 Å². The SMILES string of the molecule is C[C@H](C1CCNCC1)N1CCC(c2ccc3c(C4CCC(=O)NC4=O)nn(C)c3c2C(F)(F)F)CC1. The smallest absolute Gasteiger partial charge is 0.317 e. The Kier molecular flexibility index (Phi) is 6.84. The van der Waals surface area contributed by atoms with Crippen LogP contribution in [0.3, 0.4) is 0 Å². The predicted octanol–water partition coefficient (Wildman–Crippen LogP) is 3.68. The number of aromatic nitrogens is 2. The zero-order valence-corrected chi connectivity index (χ0v) is 20.8. The van der Waals surface area contributed by atoms with E-state index in [2.05, 4.69) is 27.6 Å². The van der Waals surface area contributed by atoms with Gasteiger partial charge in [0.2, 0.25) is 11.8 Å². The van der Waals surface area contributed by atoms with Crippen LogP contribution in [0.5, 0.6) is 0 Å². The molecule has 7 nitrogen and oxygen atoms in total. The Morgan fingerprint density at radius 2 is 1.75 bits per heavy atom. The number of carbonyl (C=O) groups excluding carboxylic acids is 2. The summed E-state index contributed by atoms with van der Waals surface area (Å²) in [5, 5.41) is 10.4. The lowest BCUT2D eigenvalue weighted by atomic mass is 9.83. The molecule has 3 aliphatic rings. The summed E-state index contributed by atoms with van der Waals surface area (Å²) in [4.78, 5) is 26.5. The molecule has 3 aliphatic heterocycles. The first-order chi connectivity index (χ1) is 17.1. The summed E-state index contributed by atoms with van der Waals surface area (Å²) in [5.74, 6) is -1.16. The number of hydrogen-bond acceptors (Lipinski definition) is 5. The van der Waals surface area contributed by atoms with Crippen LogP contribution in [0.2, 0.25) is 0 Å². The molecule has 2 aromatic rings. The zero-order chi connectivity index (χ0) is 25.6. The first-order valence-corrected chi connectivity index (χ1v) is 13.0. The molecule has 1 aromatic heterocycles. The molecule has 0 aliphatic carbocycles. The number of amides is 2. The fourth-order valence-corrected chi connectivity index (χ4v) is 6.51. The van der Waals surface area contributed by atoms with Crippen LogP contribution in [-0.4, -0.2) is 58.7 Å². The molecule has 4 heterocycles. The van der Waals surface area contributed by atoms with E-state index in [0.717, 1.165) is 39.0 Å². The van der Waals surface area contributed by atoms with Crippen LogP contribution in [0.15, 0.2) is 12.1 Å². The van der Waals surface area contributed by atoms with Gasteiger partial charge in [-0.2, -0.15) is 18.3 Å². The van der Waals surface area contributed by atoms with Crippen LogP contribution in [-0.2, 0) is 22.8 Å². The number of nitrogens with zero attached hydrogens (tertiary/aromatic N) is 3. The van der Waals surface area contributed by atoms with Crippen molar-refractivity contribution in [2.45, 2.75) is 69.5 Å². The first-order valence-electron chi connectivity index (χ1n) is 13.0. The third kappa shape index (κ3) is 4.65. The van der Waals surface area contributed by atoms with Crippen LogP contribution in [0.4, 0.5) is 13.2 Å². The van der Waals surface area contributed by atoms with E-state index in [0.29, 0.717) is 41.4 Å². The average Bonchev–Trinajstić information content (AvgIpc) is 3.19. The predicted molar refractivity (Wildman–Crippen MR) is 129 cm³/mol. The highest BCUT2D eigenvalue weighted by Gasteiger charge is 2.41. The van der Waals surface area contributed by atoms with Crippen LogP contribution >= 0.6 is 0 Å². The minimum Gasteiger partial charge on any atom is -0.317 e. The molecule has 2 amide bonds. The molecule has 0 bridgehead atoms. The standard InChI is InChI=1S/C26H34F3N5O2/c1-15(16-7-11-30-12-8-16)34-13-9-17(10-14-34)18-3-4-19-23(20-5-6-21(35)31-25(20)36)32-33(2)24(19)22(18)26(27,28)29/h3-4,15-17,20,30H,5-14H2,1-2H3,(H,31,35,36)/t15-,20?/m1/s1. The number of piperidine rings is 3. The minimum atomic E-state index is -4.55. The van der Waals surface area contributed by atoms with E-state index >= 15 is 0 Å². The second kappa shape index (κ2) is 9.78. The highest BCUT2D eigenvalue weighted by atomic mass is 19.4. The van der Waals surface area contributed by atoms with Crippen molar-refractivity contribution >= 4 is 22.7 Å². The highest BCUT2D eigenvalue weighted by molar-refractivity contribution is 6.02. The van der Waals surface area contributed by atoms with Gasteiger partial charge >= 0.3 is 6.18 Å². The van der Waals surface area contributed by atoms with Crippen LogP contribution in [0, 0.1) is 5.92 Å². The molecule has 10 heteroatoms. The Hall–Kier alpha value is -2.46. The third-order valence-corrected chi connectivity index (χ3v) is 8.53. The Labute approximate surface area is 208 Å². The van der Waals surface area contributed by atoms with Crippen molar-refractivity contribution in [3.8, 4) is 0 Å². The van der Waals surface area contributed by atoms with Crippen molar-refractivity contribution in [3.63, 3.8) is 0 Å². The summed E-state index contributed by atoms with van der Waals surface area (Å²) < 4.78 is 44.9. The van der Waals surface area contributed by atoms with Gasteiger partial charge in [-0.15, -0.1) is 0 Å². The van der Waals surface area contributed by atoms with Gasteiger partial charge in [0.15, 0.2) is 0 Å². The molecule has 3 fully saturated rings. The third-order valence-electron chi connectivity index (χ3n) is 8.53. The van der Waals surface area contributed by atoms with Gasteiger partial charge in [-0.3, -0.25) is 19.6 Å². The molecule has 1 unspecified atom stereocenters. The molecule has 2 atom stereocenters. The monoisotopic (exact) mass is 505 g/mol. The molecule has 0 saturated carbocycles. The number of carbonyl (C=O) groups is 2. The van der Waals surface area contributed by atoms with Gasteiger partial charge in [0.1, 0.15) is 0 Å². The van der Waals surface area contributed by atoms with Crippen LogP contribution < -0.4 is 10.6 Å². The van der Waals surface area contributed by atoms with Crippen LogP contribution in [0.25, 0.3) is 10.9 Å². The fourth-order valence-electron chi connectivity index (χ4n) is 6.51. The summed E-state index contributed by atoms with van der Waals surface area (Å²) in [5.41, 5.74) is 0.00533. The number of hydrogen-bond donors (Lipinski definition) is 2. The summed E-state index contributed by atoms with van der Waals surface area (Å²) in [6.45, 7) is 5.91. The van der Waals surface area contributed by atoms with Crippen LogP contribution in [0.1, 0.15) is 74.1 Å². The van der Waals surface area contributed by atoms with Crippen molar-refractivity contribution in [1.82, 2.24) is 25.3 Å². The van der Waals surface area contributed by atoms with E-state index in [9.17, 15) is 22.8 Å². The number of alkyl halides is 3. The van der Waals surface area contributed by atoms with E-state index in [4.69, 9.17) is 0 Å². The number of aryl methyl sites for hydroxylation is 1. The molecule has 1 aromatic carbocycles. The molecule has 196 valence electrons. The molecule has 3 saturated heterocycles. The van der Waals surface area contributed by atoms with Gasteiger partial charge in [0, 0.05) is 24.9 Å². The molecular formula is C26H34F3N5O2. The normalized spacial score (nSPS) is 24.3. The summed E-state index contributed by atoms with van der Waals surface area (Å²) in [7, 11) is 1.50. The Morgan fingerprint density at radius 1 is 1.06 bits per heavy atom. The van der Waals surface area contributed by atoms with Gasteiger partial charge < -0.3 is 10.2 Å². The van der Waals surface area contributed by atoms with Crippen molar-refractivity contribution in [2.24, 2.45) is 13.0 Å². The summed E-state index contributed by atoms with van der Waals surface area (Å²) in [6, 6.07) is 3.72. The lowest BCUT2D eigenvalue weighted by Gasteiger charge is -2.41. The summed E-state index contributed by atoms with van der Waals surface area (Å²) in [6.07, 6.45) is -0.508. The average molecular weight is 506 g/mol. The second-order valence-corrected chi connectivity index (χ2v) is 10.6. The van der Waals surface area contributed by atoms with Gasteiger partial charge in [-0.1, -0.05) is 12.1 Å². The van der Waals surface area contributed by atoms with E-state index in [1.807, 2.05) is 0 Å². The molecule has 36 heavy (non-hydrogen) atoms. The summed E-state index contributed by atoms with van der Waals surface area (Å²) >= 11 is 0. The van der Waals surface area contributed by atoms with Crippen molar-refractivity contribution < 1.29 is 22.8 Å². The molecule has 0 spiro atoms. The van der Waals surface area contributed by atoms with Crippen molar-refractivity contribution in [2.75, 3.05) is 26.2 Å². The number of fused-ring (bicyclic) bond motifs is 1. The topological polar surface area (TPSA) is 79.3 Å². The van der Waals surface area contributed by atoms with Gasteiger partial charge in [0.25, 0.3) is 0 Å². The van der Waals surface area contributed by atoms with Crippen molar-refractivity contribution in [3.05, 3.63) is 29.0 Å². The van der Waals surface area contributed by atoms with Gasteiger partial charge in [0.05, 0.1) is 22.7 Å². The van der Waals surface area contributed by atoms with Crippen molar-refractivity contribution in [1.29, 1.82) is 0 Å². The molecule has 5 rings (SSSR count). The van der Waals surface area contributed by atoms with Gasteiger partial charge in [-0.05, 0) is 82.6 Å². The zero-order valence-electron chi connectivity index (χ0n) is 20.8. The quantitative estimate of drug-likeness (QED) is 0.620. The maximum absolute atomic E-state index is 14.6. The Balaban J connectivity index is 1.44.